The summed E-state index contributed by atoms with van der Waals surface area (Å²) >= 11 is 1.71. The second-order valence-corrected chi connectivity index (χ2v) is 6.89. The molecule has 1 atom stereocenters. The van der Waals surface area contributed by atoms with Crippen LogP contribution in [0.25, 0.3) is 11.3 Å². The molecule has 2 N–H and O–H groups in total. The first-order valence-electron chi connectivity index (χ1n) is 7.86. The summed E-state index contributed by atoms with van der Waals surface area (Å²) in [6.45, 7) is 3.57. The number of fused-ring (bicyclic) bond motifs is 1. The second-order valence-electron chi connectivity index (χ2n) is 5.94. The van der Waals surface area contributed by atoms with Crippen LogP contribution in [0.15, 0.2) is 47.8 Å². The molecule has 0 radical (unpaired) electrons. The van der Waals surface area contributed by atoms with Crippen molar-refractivity contribution >= 4 is 17.0 Å². The van der Waals surface area contributed by atoms with Gasteiger partial charge in [0.05, 0.1) is 6.61 Å². The fourth-order valence-corrected chi connectivity index (χ4v) is 4.02. The van der Waals surface area contributed by atoms with Gasteiger partial charge in [0.1, 0.15) is 17.4 Å². The van der Waals surface area contributed by atoms with Gasteiger partial charge in [-0.2, -0.15) is 5.26 Å². The summed E-state index contributed by atoms with van der Waals surface area (Å²) in [5, 5.41) is 14.6. The Balaban J connectivity index is 1.86. The van der Waals surface area contributed by atoms with Gasteiger partial charge in [0.25, 0.3) is 0 Å². The van der Waals surface area contributed by atoms with Crippen LogP contribution in [0.3, 0.4) is 0 Å². The third kappa shape index (κ3) is 2.41. The third-order valence-electron chi connectivity index (χ3n) is 4.45. The van der Waals surface area contributed by atoms with Gasteiger partial charge < -0.3 is 15.0 Å². The van der Waals surface area contributed by atoms with E-state index in [1.807, 2.05) is 6.07 Å². The van der Waals surface area contributed by atoms with E-state index in [0.717, 1.165) is 29.1 Å². The summed E-state index contributed by atoms with van der Waals surface area (Å²) < 4.78 is 6.26. The van der Waals surface area contributed by atoms with E-state index >= 15 is 0 Å². The Bertz CT molecular complexity index is 907. The summed E-state index contributed by atoms with van der Waals surface area (Å²) in [5.41, 5.74) is 4.29. The number of thiophene rings is 1. The van der Waals surface area contributed by atoms with Gasteiger partial charge in [-0.3, -0.25) is 0 Å². The molecule has 0 aliphatic carbocycles. The van der Waals surface area contributed by atoms with Crippen LogP contribution >= 0.6 is 11.3 Å². The number of H-pyrrole nitrogens is 1. The first-order chi connectivity index (χ1) is 11.7. The molecule has 0 bridgehead atoms. The SMILES string of the molecule is CC1(c2cccs2)OCCNc2ccc(-c3ccc(C#N)[nH]3)cc21. The van der Waals surface area contributed by atoms with Gasteiger partial charge in [0, 0.05) is 28.4 Å². The lowest BCUT2D eigenvalue weighted by atomic mass is 9.90. The highest BCUT2D eigenvalue weighted by molar-refractivity contribution is 7.10. The number of ether oxygens (including phenoxy) is 1. The molecular weight excluding hydrogens is 318 g/mol. The number of benzene rings is 1. The zero-order valence-corrected chi connectivity index (χ0v) is 14.1. The Kier molecular flexibility index (Phi) is 3.64. The highest BCUT2D eigenvalue weighted by Crippen LogP contribution is 2.42. The van der Waals surface area contributed by atoms with Gasteiger partial charge in [-0.1, -0.05) is 12.1 Å². The Morgan fingerprint density at radius 3 is 2.92 bits per heavy atom. The molecule has 0 saturated carbocycles. The summed E-state index contributed by atoms with van der Waals surface area (Å²) in [6, 6.07) is 16.4. The maximum absolute atomic E-state index is 9.03. The minimum absolute atomic E-state index is 0.479. The smallest absolute Gasteiger partial charge is 0.126 e. The van der Waals surface area contributed by atoms with E-state index in [-0.39, 0.29) is 0 Å². The van der Waals surface area contributed by atoms with E-state index < -0.39 is 5.60 Å². The van der Waals surface area contributed by atoms with E-state index in [2.05, 4.69) is 59.0 Å². The average molecular weight is 335 g/mol. The zero-order chi connectivity index (χ0) is 16.6. The van der Waals surface area contributed by atoms with Crippen molar-refractivity contribution in [2.24, 2.45) is 0 Å². The van der Waals surface area contributed by atoms with E-state index in [1.165, 1.54) is 4.88 Å². The summed E-state index contributed by atoms with van der Waals surface area (Å²) in [4.78, 5) is 4.33. The molecule has 120 valence electrons. The van der Waals surface area contributed by atoms with Crippen LogP contribution in [0, 0.1) is 11.3 Å². The van der Waals surface area contributed by atoms with Crippen LogP contribution in [0.4, 0.5) is 5.69 Å². The van der Waals surface area contributed by atoms with Gasteiger partial charge in [-0.25, -0.2) is 0 Å². The quantitative estimate of drug-likeness (QED) is 0.733. The minimum atomic E-state index is -0.479. The summed E-state index contributed by atoms with van der Waals surface area (Å²) in [5.74, 6) is 0. The third-order valence-corrected chi connectivity index (χ3v) is 5.52. The Morgan fingerprint density at radius 2 is 2.17 bits per heavy atom. The maximum atomic E-state index is 9.03. The van der Waals surface area contributed by atoms with Crippen molar-refractivity contribution in [3.05, 3.63) is 64.0 Å². The molecule has 3 heterocycles. The molecule has 0 saturated heterocycles. The van der Waals surface area contributed by atoms with Crippen molar-refractivity contribution in [1.29, 1.82) is 5.26 Å². The van der Waals surface area contributed by atoms with Crippen molar-refractivity contribution in [2.45, 2.75) is 12.5 Å². The average Bonchev–Trinajstić information content (AvgIpc) is 3.27. The number of hydrogen-bond donors (Lipinski definition) is 2. The van der Waals surface area contributed by atoms with Crippen LogP contribution < -0.4 is 5.32 Å². The zero-order valence-electron chi connectivity index (χ0n) is 13.3. The lowest BCUT2D eigenvalue weighted by Crippen LogP contribution is -2.26. The van der Waals surface area contributed by atoms with Crippen molar-refractivity contribution in [2.75, 3.05) is 18.5 Å². The monoisotopic (exact) mass is 335 g/mol. The molecule has 0 spiro atoms. The number of nitrogens with one attached hydrogen (secondary N) is 2. The Labute approximate surface area is 144 Å². The highest BCUT2D eigenvalue weighted by atomic mass is 32.1. The molecule has 0 fully saturated rings. The number of aromatic nitrogens is 1. The topological polar surface area (TPSA) is 60.8 Å². The Morgan fingerprint density at radius 1 is 1.25 bits per heavy atom. The number of nitrogens with zero attached hydrogens (tertiary/aromatic N) is 1. The molecule has 5 heteroatoms. The molecule has 3 aromatic rings. The van der Waals surface area contributed by atoms with E-state index in [9.17, 15) is 0 Å². The van der Waals surface area contributed by atoms with Crippen LogP contribution in [-0.2, 0) is 10.3 Å². The summed E-state index contributed by atoms with van der Waals surface area (Å²) in [6.07, 6.45) is 0. The molecule has 1 aliphatic heterocycles. The van der Waals surface area contributed by atoms with Crippen LogP contribution in [-0.4, -0.2) is 18.1 Å². The minimum Gasteiger partial charge on any atom is -0.382 e. The lowest BCUT2D eigenvalue weighted by molar-refractivity contribution is 0.00861. The maximum Gasteiger partial charge on any atom is 0.126 e. The molecule has 2 aromatic heterocycles. The molecule has 1 aliphatic rings. The molecule has 1 unspecified atom stereocenters. The van der Waals surface area contributed by atoms with Crippen LogP contribution in [0.1, 0.15) is 23.1 Å². The van der Waals surface area contributed by atoms with Gasteiger partial charge >= 0.3 is 0 Å². The number of hydrogen-bond acceptors (Lipinski definition) is 4. The van der Waals surface area contributed by atoms with Gasteiger partial charge in [0.2, 0.25) is 0 Å². The lowest BCUT2D eigenvalue weighted by Gasteiger charge is -2.29. The molecule has 0 amide bonds. The summed E-state index contributed by atoms with van der Waals surface area (Å²) in [7, 11) is 0. The van der Waals surface area contributed by atoms with Gasteiger partial charge in [-0.15, -0.1) is 11.3 Å². The number of aromatic amines is 1. The van der Waals surface area contributed by atoms with Crippen molar-refractivity contribution in [3.8, 4) is 17.3 Å². The molecule has 24 heavy (non-hydrogen) atoms. The van der Waals surface area contributed by atoms with Gasteiger partial charge in [-0.05, 0) is 48.2 Å². The normalized spacial score (nSPS) is 19.8. The predicted octanol–water partition coefficient (Wildman–Crippen LogP) is 4.32. The van der Waals surface area contributed by atoms with Crippen molar-refractivity contribution in [3.63, 3.8) is 0 Å². The largest absolute Gasteiger partial charge is 0.382 e. The molecule has 1 aromatic carbocycles. The Hall–Kier alpha value is -2.55. The number of anilines is 1. The van der Waals surface area contributed by atoms with Crippen molar-refractivity contribution in [1.82, 2.24) is 4.98 Å². The molecule has 4 rings (SSSR count). The second kappa shape index (κ2) is 5.82. The predicted molar refractivity (Wildman–Crippen MR) is 96.2 cm³/mol. The standard InChI is InChI=1S/C19H17N3OS/c1-19(18-3-2-10-24-18)15-11-13(16-7-5-14(12-20)22-16)4-6-17(15)21-8-9-23-19/h2-7,10-11,21-22H,8-9H2,1H3. The number of nitriles is 1. The highest BCUT2D eigenvalue weighted by Gasteiger charge is 2.35. The van der Waals surface area contributed by atoms with Crippen molar-refractivity contribution < 1.29 is 4.74 Å². The fourth-order valence-electron chi connectivity index (χ4n) is 3.16. The molecule has 4 nitrogen and oxygen atoms in total. The van der Waals surface area contributed by atoms with E-state index in [1.54, 1.807) is 17.4 Å². The van der Waals surface area contributed by atoms with Crippen LogP contribution in [0.2, 0.25) is 0 Å². The van der Waals surface area contributed by atoms with Crippen LogP contribution in [0.5, 0.6) is 0 Å². The molecular formula is C19H17N3OS. The van der Waals surface area contributed by atoms with E-state index in [4.69, 9.17) is 10.00 Å². The fraction of sp³-hybridized carbons (Fsp3) is 0.211. The first kappa shape index (κ1) is 15.0. The van der Waals surface area contributed by atoms with E-state index in [0.29, 0.717) is 12.3 Å². The number of rotatable bonds is 2. The van der Waals surface area contributed by atoms with Gasteiger partial charge in [0.15, 0.2) is 0 Å². The first-order valence-corrected chi connectivity index (χ1v) is 8.74.